The molecule has 2 heterocycles. The van der Waals surface area contributed by atoms with Crippen LogP contribution in [-0.2, 0) is 5.41 Å². The molecular weight excluding hydrogens is 292 g/mol. The fourth-order valence-electron chi connectivity index (χ4n) is 3.72. The van der Waals surface area contributed by atoms with Crippen molar-refractivity contribution in [3.05, 3.63) is 66.4 Å². The number of hydrogen-bond acceptors (Lipinski definition) is 2. The SMILES string of the molecule is CC1(C)CN(c2cnc3ccccc3c2)c2ccccc2C1(C)C. The molecule has 0 N–H and O–H groups in total. The topological polar surface area (TPSA) is 16.1 Å². The molecule has 0 saturated carbocycles. The van der Waals surface area contributed by atoms with Crippen molar-refractivity contribution in [1.29, 1.82) is 0 Å². The van der Waals surface area contributed by atoms with Gasteiger partial charge >= 0.3 is 0 Å². The molecule has 0 spiro atoms. The van der Waals surface area contributed by atoms with Gasteiger partial charge in [0.05, 0.1) is 17.4 Å². The molecule has 2 heteroatoms. The molecule has 0 saturated heterocycles. The van der Waals surface area contributed by atoms with Crippen LogP contribution >= 0.6 is 0 Å². The van der Waals surface area contributed by atoms with Crippen molar-refractivity contribution >= 4 is 22.3 Å². The molecule has 0 unspecified atom stereocenters. The monoisotopic (exact) mass is 316 g/mol. The highest BCUT2D eigenvalue weighted by Gasteiger charge is 2.45. The van der Waals surface area contributed by atoms with Crippen LogP contribution in [0.25, 0.3) is 10.9 Å². The van der Waals surface area contributed by atoms with E-state index in [-0.39, 0.29) is 10.8 Å². The maximum Gasteiger partial charge on any atom is 0.0703 e. The van der Waals surface area contributed by atoms with E-state index in [1.807, 2.05) is 12.3 Å². The molecule has 1 aliphatic rings. The molecule has 4 rings (SSSR count). The van der Waals surface area contributed by atoms with Crippen LogP contribution in [0.1, 0.15) is 33.3 Å². The fourth-order valence-corrected chi connectivity index (χ4v) is 3.72. The molecule has 0 fully saturated rings. The molecule has 0 aliphatic carbocycles. The standard InChI is InChI=1S/C22H24N2/c1-21(2)15-24(20-12-8-6-10-18(20)22(21,3)4)17-13-16-9-5-7-11-19(16)23-14-17/h5-14H,15H2,1-4H3. The van der Waals surface area contributed by atoms with Crippen molar-refractivity contribution < 1.29 is 0 Å². The number of benzene rings is 2. The average molecular weight is 316 g/mol. The third kappa shape index (κ3) is 2.13. The second-order valence-corrected chi connectivity index (χ2v) is 8.00. The molecule has 3 aromatic rings. The number of anilines is 2. The number of aromatic nitrogens is 1. The lowest BCUT2D eigenvalue weighted by Crippen LogP contribution is -2.49. The Morgan fingerprint density at radius 1 is 0.917 bits per heavy atom. The van der Waals surface area contributed by atoms with Gasteiger partial charge in [-0.25, -0.2) is 0 Å². The third-order valence-corrected chi connectivity index (χ3v) is 6.00. The first-order chi connectivity index (χ1) is 11.4. The van der Waals surface area contributed by atoms with Gasteiger partial charge in [0.1, 0.15) is 0 Å². The van der Waals surface area contributed by atoms with E-state index < -0.39 is 0 Å². The number of para-hydroxylation sites is 2. The van der Waals surface area contributed by atoms with Crippen molar-refractivity contribution in [2.24, 2.45) is 5.41 Å². The average Bonchev–Trinajstić information content (AvgIpc) is 2.58. The summed E-state index contributed by atoms with van der Waals surface area (Å²) in [5.74, 6) is 0. The summed E-state index contributed by atoms with van der Waals surface area (Å²) in [6.45, 7) is 10.4. The summed E-state index contributed by atoms with van der Waals surface area (Å²) in [5.41, 5.74) is 5.22. The van der Waals surface area contributed by atoms with E-state index in [1.165, 1.54) is 22.3 Å². The maximum absolute atomic E-state index is 4.67. The van der Waals surface area contributed by atoms with E-state index in [4.69, 9.17) is 0 Å². The van der Waals surface area contributed by atoms with E-state index >= 15 is 0 Å². The van der Waals surface area contributed by atoms with Crippen LogP contribution in [0, 0.1) is 5.41 Å². The number of nitrogens with zero attached hydrogens (tertiary/aromatic N) is 2. The summed E-state index contributed by atoms with van der Waals surface area (Å²) >= 11 is 0. The second kappa shape index (κ2) is 5.07. The van der Waals surface area contributed by atoms with Gasteiger partial charge in [-0.1, -0.05) is 64.1 Å². The predicted molar refractivity (Wildman–Crippen MR) is 102 cm³/mol. The van der Waals surface area contributed by atoms with Gasteiger partial charge in [0.25, 0.3) is 0 Å². The second-order valence-electron chi connectivity index (χ2n) is 8.00. The van der Waals surface area contributed by atoms with Gasteiger partial charge in [-0.3, -0.25) is 4.98 Å². The van der Waals surface area contributed by atoms with Crippen LogP contribution in [-0.4, -0.2) is 11.5 Å². The van der Waals surface area contributed by atoms with Gasteiger partial charge in [-0.2, -0.15) is 0 Å². The Kier molecular flexibility index (Phi) is 3.21. The molecule has 0 atom stereocenters. The predicted octanol–water partition coefficient (Wildman–Crippen LogP) is 5.69. The molecule has 0 radical (unpaired) electrons. The largest absolute Gasteiger partial charge is 0.339 e. The lowest BCUT2D eigenvalue weighted by molar-refractivity contribution is 0.196. The fraction of sp³-hybridized carbons (Fsp3) is 0.318. The summed E-state index contributed by atoms with van der Waals surface area (Å²) in [4.78, 5) is 7.10. The zero-order valence-corrected chi connectivity index (χ0v) is 14.9. The molecule has 1 aromatic heterocycles. The lowest BCUT2D eigenvalue weighted by atomic mass is 9.61. The quantitative estimate of drug-likeness (QED) is 0.573. The van der Waals surface area contributed by atoms with Crippen LogP contribution in [0.2, 0.25) is 0 Å². The highest BCUT2D eigenvalue weighted by Crippen LogP contribution is 2.51. The van der Waals surface area contributed by atoms with Crippen LogP contribution in [0.5, 0.6) is 0 Å². The minimum atomic E-state index is 0.129. The number of pyridine rings is 1. The van der Waals surface area contributed by atoms with E-state index in [9.17, 15) is 0 Å². The zero-order chi connectivity index (χ0) is 16.9. The molecule has 2 aromatic carbocycles. The maximum atomic E-state index is 4.67. The summed E-state index contributed by atoms with van der Waals surface area (Å²) in [5, 5.41) is 1.19. The smallest absolute Gasteiger partial charge is 0.0703 e. The Hall–Kier alpha value is -2.35. The molecule has 0 bridgehead atoms. The highest BCUT2D eigenvalue weighted by molar-refractivity contribution is 5.83. The Bertz CT molecular complexity index is 908. The van der Waals surface area contributed by atoms with E-state index in [0.717, 1.165) is 12.1 Å². The molecule has 0 amide bonds. The first-order valence-electron chi connectivity index (χ1n) is 8.62. The summed E-state index contributed by atoms with van der Waals surface area (Å²) in [7, 11) is 0. The Labute approximate surface area is 144 Å². The van der Waals surface area contributed by atoms with Crippen LogP contribution < -0.4 is 4.90 Å². The van der Waals surface area contributed by atoms with Gasteiger partial charge < -0.3 is 4.90 Å². The van der Waals surface area contributed by atoms with Crippen molar-refractivity contribution in [3.63, 3.8) is 0 Å². The minimum Gasteiger partial charge on any atom is -0.339 e. The van der Waals surface area contributed by atoms with Crippen LogP contribution in [0.3, 0.4) is 0 Å². The van der Waals surface area contributed by atoms with Gasteiger partial charge in [0.2, 0.25) is 0 Å². The first kappa shape index (κ1) is 15.2. The van der Waals surface area contributed by atoms with E-state index in [0.29, 0.717) is 0 Å². The Morgan fingerprint density at radius 3 is 2.46 bits per heavy atom. The summed E-state index contributed by atoms with van der Waals surface area (Å²) in [6, 6.07) is 19.4. The molecule has 24 heavy (non-hydrogen) atoms. The van der Waals surface area contributed by atoms with Crippen molar-refractivity contribution in [2.45, 2.75) is 33.1 Å². The Balaban J connectivity index is 1.91. The molecular formula is C22H24N2. The molecule has 2 nitrogen and oxygen atoms in total. The number of rotatable bonds is 1. The van der Waals surface area contributed by atoms with E-state index in [2.05, 4.69) is 86.1 Å². The summed E-state index contributed by atoms with van der Waals surface area (Å²) in [6.07, 6.45) is 2.01. The number of hydrogen-bond donors (Lipinski definition) is 0. The lowest BCUT2D eigenvalue weighted by Gasteiger charge is -2.51. The molecule has 1 aliphatic heterocycles. The number of fused-ring (bicyclic) bond motifs is 2. The third-order valence-electron chi connectivity index (χ3n) is 6.00. The zero-order valence-electron chi connectivity index (χ0n) is 14.9. The van der Waals surface area contributed by atoms with Gasteiger partial charge in [0, 0.05) is 17.6 Å². The van der Waals surface area contributed by atoms with Gasteiger partial charge in [-0.05, 0) is 34.6 Å². The Morgan fingerprint density at radius 2 is 1.62 bits per heavy atom. The normalized spacial score (nSPS) is 18.4. The summed E-state index contributed by atoms with van der Waals surface area (Å²) < 4.78 is 0. The van der Waals surface area contributed by atoms with Crippen LogP contribution in [0.15, 0.2) is 60.8 Å². The first-order valence-corrected chi connectivity index (χ1v) is 8.62. The van der Waals surface area contributed by atoms with Crippen molar-refractivity contribution in [1.82, 2.24) is 4.98 Å². The van der Waals surface area contributed by atoms with Crippen molar-refractivity contribution in [2.75, 3.05) is 11.4 Å². The minimum absolute atomic E-state index is 0.129. The van der Waals surface area contributed by atoms with Gasteiger partial charge in [0.15, 0.2) is 0 Å². The highest BCUT2D eigenvalue weighted by atomic mass is 15.2. The van der Waals surface area contributed by atoms with Crippen molar-refractivity contribution in [3.8, 4) is 0 Å². The van der Waals surface area contributed by atoms with Gasteiger partial charge in [-0.15, -0.1) is 0 Å². The van der Waals surface area contributed by atoms with E-state index in [1.54, 1.807) is 0 Å². The van der Waals surface area contributed by atoms with Crippen LogP contribution in [0.4, 0.5) is 11.4 Å². The molecule has 122 valence electrons.